The first-order chi connectivity index (χ1) is 7.62. The Kier molecular flexibility index (Phi) is 4.44. The minimum Gasteiger partial charge on any atom is -0.354 e. The molecule has 1 atom stereocenters. The number of thiazole rings is 1. The maximum atomic E-state index is 11.7. The summed E-state index contributed by atoms with van der Waals surface area (Å²) in [4.78, 5) is 15.8. The molecular weight excluding hydrogens is 222 g/mol. The fourth-order valence-electron chi connectivity index (χ4n) is 1.15. The summed E-state index contributed by atoms with van der Waals surface area (Å²) in [6.07, 6.45) is 1.23. The van der Waals surface area contributed by atoms with E-state index in [1.807, 2.05) is 18.4 Å². The maximum Gasteiger partial charge on any atom is 0.240 e. The molecule has 0 aromatic carbocycles. The first-order valence-electron chi connectivity index (χ1n) is 5.19. The maximum absolute atomic E-state index is 11.7. The van der Waals surface area contributed by atoms with Gasteiger partial charge < -0.3 is 5.32 Å². The van der Waals surface area contributed by atoms with E-state index in [0.717, 1.165) is 5.69 Å². The van der Waals surface area contributed by atoms with E-state index in [0.29, 0.717) is 19.4 Å². The minimum atomic E-state index is -0.915. The molecule has 0 bridgehead atoms. The quantitative estimate of drug-likeness (QED) is 0.848. The highest BCUT2D eigenvalue weighted by Gasteiger charge is 2.30. The fourth-order valence-corrected chi connectivity index (χ4v) is 1.74. The highest BCUT2D eigenvalue weighted by molar-refractivity contribution is 7.07. The van der Waals surface area contributed by atoms with Crippen LogP contribution in [0.3, 0.4) is 0 Å². The molecule has 1 unspecified atom stereocenters. The number of hydrogen-bond donors (Lipinski definition) is 1. The monoisotopic (exact) mass is 237 g/mol. The third-order valence-corrected chi connectivity index (χ3v) is 3.24. The van der Waals surface area contributed by atoms with Gasteiger partial charge in [0.05, 0.1) is 17.3 Å². The number of carbonyl (C=O) groups is 1. The molecule has 16 heavy (non-hydrogen) atoms. The average Bonchev–Trinajstić information content (AvgIpc) is 2.80. The van der Waals surface area contributed by atoms with Gasteiger partial charge in [0.15, 0.2) is 0 Å². The predicted molar refractivity (Wildman–Crippen MR) is 62.8 cm³/mol. The molecule has 0 saturated heterocycles. The number of amides is 1. The van der Waals surface area contributed by atoms with Crippen LogP contribution in [0.25, 0.3) is 0 Å². The molecule has 1 amide bonds. The van der Waals surface area contributed by atoms with Crippen molar-refractivity contribution in [2.24, 2.45) is 5.41 Å². The molecule has 1 N–H and O–H groups in total. The zero-order valence-electron chi connectivity index (χ0n) is 9.49. The standard InChI is InChI=1S/C11H15N3OS/c1-3-11(2,7-12)10(15)13-5-4-9-6-16-8-14-9/h6,8H,3-5H2,1-2H3,(H,13,15). The molecule has 5 heteroatoms. The van der Waals surface area contributed by atoms with Crippen molar-refractivity contribution in [3.8, 4) is 6.07 Å². The smallest absolute Gasteiger partial charge is 0.240 e. The number of aromatic nitrogens is 1. The van der Waals surface area contributed by atoms with Gasteiger partial charge in [-0.3, -0.25) is 4.79 Å². The van der Waals surface area contributed by atoms with Crippen molar-refractivity contribution in [2.75, 3.05) is 6.54 Å². The van der Waals surface area contributed by atoms with Crippen molar-refractivity contribution >= 4 is 17.2 Å². The summed E-state index contributed by atoms with van der Waals surface area (Å²) in [5.74, 6) is -0.201. The van der Waals surface area contributed by atoms with Crippen molar-refractivity contribution in [3.63, 3.8) is 0 Å². The second kappa shape index (κ2) is 5.61. The highest BCUT2D eigenvalue weighted by Crippen LogP contribution is 2.19. The molecular formula is C11H15N3OS. The number of carbonyl (C=O) groups excluding carboxylic acids is 1. The molecule has 1 aromatic heterocycles. The Balaban J connectivity index is 2.39. The minimum absolute atomic E-state index is 0.201. The van der Waals surface area contributed by atoms with Crippen LogP contribution in [0.1, 0.15) is 26.0 Å². The topological polar surface area (TPSA) is 65.8 Å². The molecule has 1 rings (SSSR count). The summed E-state index contributed by atoms with van der Waals surface area (Å²) in [7, 11) is 0. The number of nitriles is 1. The summed E-state index contributed by atoms with van der Waals surface area (Å²) in [6.45, 7) is 4.02. The third kappa shape index (κ3) is 3.04. The summed E-state index contributed by atoms with van der Waals surface area (Å²) in [6, 6.07) is 2.05. The normalized spacial score (nSPS) is 13.8. The van der Waals surface area contributed by atoms with Crippen molar-refractivity contribution < 1.29 is 4.79 Å². The second-order valence-corrected chi connectivity index (χ2v) is 4.50. The van der Waals surface area contributed by atoms with Gasteiger partial charge in [-0.15, -0.1) is 11.3 Å². The van der Waals surface area contributed by atoms with Crippen LogP contribution < -0.4 is 5.32 Å². The van der Waals surface area contributed by atoms with E-state index in [-0.39, 0.29) is 5.91 Å². The van der Waals surface area contributed by atoms with Crippen molar-refractivity contribution in [2.45, 2.75) is 26.7 Å². The first-order valence-corrected chi connectivity index (χ1v) is 6.13. The van der Waals surface area contributed by atoms with Crippen LogP contribution in [0.5, 0.6) is 0 Å². The van der Waals surface area contributed by atoms with Gasteiger partial charge in [0, 0.05) is 18.3 Å². The molecule has 4 nitrogen and oxygen atoms in total. The van der Waals surface area contributed by atoms with E-state index in [1.165, 1.54) is 11.3 Å². The number of nitrogens with one attached hydrogen (secondary N) is 1. The Labute approximate surface area is 99.3 Å². The lowest BCUT2D eigenvalue weighted by Crippen LogP contribution is -2.38. The number of rotatable bonds is 5. The van der Waals surface area contributed by atoms with Crippen LogP contribution in [0.4, 0.5) is 0 Å². The Morgan fingerprint density at radius 1 is 1.75 bits per heavy atom. The van der Waals surface area contributed by atoms with Crippen LogP contribution >= 0.6 is 11.3 Å². The zero-order valence-corrected chi connectivity index (χ0v) is 10.3. The molecule has 0 saturated carbocycles. The summed E-state index contributed by atoms with van der Waals surface area (Å²) in [5.41, 5.74) is 1.82. The Hall–Kier alpha value is -1.41. The lowest BCUT2D eigenvalue weighted by Gasteiger charge is -2.18. The van der Waals surface area contributed by atoms with Crippen LogP contribution in [0.2, 0.25) is 0 Å². The Morgan fingerprint density at radius 2 is 2.50 bits per heavy atom. The molecule has 86 valence electrons. The van der Waals surface area contributed by atoms with E-state index in [9.17, 15) is 4.79 Å². The molecule has 0 fully saturated rings. The summed E-state index contributed by atoms with van der Waals surface area (Å²) < 4.78 is 0. The van der Waals surface area contributed by atoms with Crippen LogP contribution in [0, 0.1) is 16.7 Å². The second-order valence-electron chi connectivity index (χ2n) is 3.78. The van der Waals surface area contributed by atoms with E-state index < -0.39 is 5.41 Å². The predicted octanol–water partition coefficient (Wildman–Crippen LogP) is 1.74. The van der Waals surface area contributed by atoms with Gasteiger partial charge in [0.25, 0.3) is 0 Å². The SMILES string of the molecule is CCC(C)(C#N)C(=O)NCCc1cscn1. The van der Waals surface area contributed by atoms with Crippen LogP contribution in [0.15, 0.2) is 10.9 Å². The molecule has 0 radical (unpaired) electrons. The van der Waals surface area contributed by atoms with Gasteiger partial charge >= 0.3 is 0 Å². The Morgan fingerprint density at radius 3 is 3.00 bits per heavy atom. The lowest BCUT2D eigenvalue weighted by atomic mass is 9.88. The van der Waals surface area contributed by atoms with Gasteiger partial charge in [-0.25, -0.2) is 4.98 Å². The lowest BCUT2D eigenvalue weighted by molar-refractivity contribution is -0.127. The van der Waals surface area contributed by atoms with Gasteiger partial charge in [0.2, 0.25) is 5.91 Å². The van der Waals surface area contributed by atoms with Crippen molar-refractivity contribution in [1.82, 2.24) is 10.3 Å². The van der Waals surface area contributed by atoms with Crippen LogP contribution in [-0.4, -0.2) is 17.4 Å². The summed E-state index contributed by atoms with van der Waals surface area (Å²) >= 11 is 1.54. The average molecular weight is 237 g/mol. The zero-order chi connectivity index (χ0) is 12.0. The van der Waals surface area contributed by atoms with Gasteiger partial charge in [0.1, 0.15) is 5.41 Å². The van der Waals surface area contributed by atoms with E-state index in [1.54, 1.807) is 12.4 Å². The molecule has 1 aromatic rings. The number of hydrogen-bond acceptors (Lipinski definition) is 4. The van der Waals surface area contributed by atoms with Gasteiger partial charge in [-0.1, -0.05) is 6.92 Å². The molecule has 0 aliphatic heterocycles. The molecule has 0 aliphatic carbocycles. The largest absolute Gasteiger partial charge is 0.354 e. The van der Waals surface area contributed by atoms with Crippen molar-refractivity contribution in [1.29, 1.82) is 5.26 Å². The third-order valence-electron chi connectivity index (χ3n) is 2.61. The first kappa shape index (κ1) is 12.7. The van der Waals surface area contributed by atoms with Crippen molar-refractivity contribution in [3.05, 3.63) is 16.6 Å². The van der Waals surface area contributed by atoms with E-state index in [4.69, 9.17) is 5.26 Å². The summed E-state index contributed by atoms with van der Waals surface area (Å²) in [5, 5.41) is 13.6. The highest BCUT2D eigenvalue weighted by atomic mass is 32.1. The van der Waals surface area contributed by atoms with Crippen LogP contribution in [-0.2, 0) is 11.2 Å². The van der Waals surface area contributed by atoms with E-state index >= 15 is 0 Å². The number of nitrogens with zero attached hydrogens (tertiary/aromatic N) is 2. The molecule has 0 spiro atoms. The molecule has 0 aliphatic rings. The van der Waals surface area contributed by atoms with Gasteiger partial charge in [-0.05, 0) is 13.3 Å². The van der Waals surface area contributed by atoms with E-state index in [2.05, 4.69) is 10.3 Å². The fraction of sp³-hybridized carbons (Fsp3) is 0.545. The van der Waals surface area contributed by atoms with Gasteiger partial charge in [-0.2, -0.15) is 5.26 Å². The Bertz CT molecular complexity index is 382. The molecule has 1 heterocycles.